The van der Waals surface area contributed by atoms with Crippen LogP contribution in [0.4, 0.5) is 24.5 Å². The van der Waals surface area contributed by atoms with Gasteiger partial charge in [0.25, 0.3) is 0 Å². The molecule has 24 heavy (non-hydrogen) atoms. The Labute approximate surface area is 143 Å². The molecule has 0 fully saturated rings. The minimum Gasteiger partial charge on any atom is -0.493 e. The lowest BCUT2D eigenvalue weighted by atomic mass is 10.1. The van der Waals surface area contributed by atoms with E-state index in [1.54, 1.807) is 6.07 Å². The maximum atomic E-state index is 13.0. The second-order valence-electron chi connectivity index (χ2n) is 4.84. The Kier molecular flexibility index (Phi) is 4.15. The summed E-state index contributed by atoms with van der Waals surface area (Å²) in [6.45, 7) is 0. The molecule has 124 valence electrons. The molecule has 4 nitrogen and oxygen atoms in total. The number of hydrogen-bond acceptors (Lipinski definition) is 3. The Hall–Kier alpha value is -2.25. The van der Waals surface area contributed by atoms with Gasteiger partial charge in [0.1, 0.15) is 5.69 Å². The van der Waals surface area contributed by atoms with Crippen LogP contribution in [0.2, 0.25) is 10.0 Å². The van der Waals surface area contributed by atoms with Crippen molar-refractivity contribution in [1.82, 2.24) is 4.98 Å². The minimum atomic E-state index is -4.56. The first-order valence-corrected chi connectivity index (χ1v) is 7.30. The molecular formula is C15H8Cl2F3N3O. The molecule has 3 aromatic rings. The summed E-state index contributed by atoms with van der Waals surface area (Å²) in [6.07, 6.45) is -4.56. The SMILES string of the molecule is Oc1[nH]c2c(C(F)(F)F)cccc2c1N=Nc1ccc(Cl)cc1Cl. The standard InChI is InChI=1S/C15H8Cl2F3N3O/c16-7-4-5-11(10(17)6-7)22-23-13-8-2-1-3-9(15(18,19)20)12(8)21-14(13)24/h1-6,21,24H. The summed E-state index contributed by atoms with van der Waals surface area (Å²) in [5, 5.41) is 18.3. The van der Waals surface area contributed by atoms with E-state index < -0.39 is 17.6 Å². The minimum absolute atomic E-state index is 0.0937. The number of nitrogens with zero attached hydrogens (tertiary/aromatic N) is 2. The van der Waals surface area contributed by atoms with Crippen LogP contribution >= 0.6 is 23.2 Å². The van der Waals surface area contributed by atoms with E-state index in [0.717, 1.165) is 6.07 Å². The normalized spacial score (nSPS) is 12.4. The molecule has 0 aliphatic heterocycles. The molecule has 0 unspecified atom stereocenters. The summed E-state index contributed by atoms with van der Waals surface area (Å²) in [7, 11) is 0. The first kappa shape index (κ1) is 16.6. The van der Waals surface area contributed by atoms with Gasteiger partial charge in [-0.15, -0.1) is 10.2 Å². The van der Waals surface area contributed by atoms with Gasteiger partial charge in [0, 0.05) is 10.4 Å². The fourth-order valence-electron chi connectivity index (χ4n) is 2.19. The van der Waals surface area contributed by atoms with E-state index >= 15 is 0 Å². The van der Waals surface area contributed by atoms with Crippen LogP contribution in [-0.2, 0) is 6.18 Å². The second kappa shape index (κ2) is 5.99. The lowest BCUT2D eigenvalue weighted by Gasteiger charge is -2.06. The monoisotopic (exact) mass is 373 g/mol. The van der Waals surface area contributed by atoms with Crippen molar-refractivity contribution in [2.75, 3.05) is 0 Å². The van der Waals surface area contributed by atoms with Crippen LogP contribution in [0.1, 0.15) is 5.56 Å². The molecule has 3 rings (SSSR count). The number of aromatic amines is 1. The zero-order chi connectivity index (χ0) is 17.5. The Morgan fingerprint density at radius 1 is 1.04 bits per heavy atom. The molecule has 2 N–H and O–H groups in total. The van der Waals surface area contributed by atoms with Crippen LogP contribution in [0.25, 0.3) is 10.9 Å². The van der Waals surface area contributed by atoms with E-state index in [1.807, 2.05) is 0 Å². The van der Waals surface area contributed by atoms with Crippen LogP contribution in [-0.4, -0.2) is 10.1 Å². The molecule has 0 aliphatic carbocycles. The highest BCUT2D eigenvalue weighted by Crippen LogP contribution is 2.42. The molecule has 0 atom stereocenters. The summed E-state index contributed by atoms with van der Waals surface area (Å²) >= 11 is 11.7. The van der Waals surface area contributed by atoms with E-state index in [0.29, 0.717) is 5.02 Å². The van der Waals surface area contributed by atoms with Crippen LogP contribution < -0.4 is 0 Å². The number of benzene rings is 2. The number of azo groups is 1. The quantitative estimate of drug-likeness (QED) is 0.487. The highest BCUT2D eigenvalue weighted by Gasteiger charge is 2.34. The fraction of sp³-hybridized carbons (Fsp3) is 0.0667. The average molecular weight is 374 g/mol. The molecule has 9 heteroatoms. The molecule has 0 saturated heterocycles. The smallest absolute Gasteiger partial charge is 0.418 e. The van der Waals surface area contributed by atoms with Gasteiger partial charge in [0.15, 0.2) is 5.69 Å². The molecule has 0 spiro atoms. The van der Waals surface area contributed by atoms with Crippen molar-refractivity contribution < 1.29 is 18.3 Å². The van der Waals surface area contributed by atoms with Crippen molar-refractivity contribution in [1.29, 1.82) is 0 Å². The van der Waals surface area contributed by atoms with Crippen molar-refractivity contribution >= 4 is 45.5 Å². The molecule has 2 aromatic carbocycles. The average Bonchev–Trinajstić information content (AvgIpc) is 2.81. The third-order valence-electron chi connectivity index (χ3n) is 3.26. The summed E-state index contributed by atoms with van der Waals surface area (Å²) < 4.78 is 39.0. The number of fused-ring (bicyclic) bond motifs is 1. The molecule has 0 bridgehead atoms. The van der Waals surface area contributed by atoms with Crippen molar-refractivity contribution in [3.63, 3.8) is 0 Å². The molecule has 0 aliphatic rings. The van der Waals surface area contributed by atoms with E-state index in [4.69, 9.17) is 23.2 Å². The van der Waals surface area contributed by atoms with Gasteiger partial charge in [-0.1, -0.05) is 35.3 Å². The van der Waals surface area contributed by atoms with Gasteiger partial charge in [0.05, 0.1) is 16.1 Å². The number of hydrogen-bond donors (Lipinski definition) is 2. The highest BCUT2D eigenvalue weighted by molar-refractivity contribution is 6.36. The first-order chi connectivity index (χ1) is 11.3. The van der Waals surface area contributed by atoms with E-state index in [2.05, 4.69) is 15.2 Å². The molecule has 0 amide bonds. The molecule has 0 radical (unpaired) electrons. The Morgan fingerprint density at radius 3 is 2.46 bits per heavy atom. The Morgan fingerprint density at radius 2 is 1.79 bits per heavy atom. The van der Waals surface area contributed by atoms with Crippen molar-refractivity contribution in [2.24, 2.45) is 10.2 Å². The van der Waals surface area contributed by atoms with E-state index in [1.165, 1.54) is 24.3 Å². The number of aromatic hydroxyl groups is 1. The summed E-state index contributed by atoms with van der Waals surface area (Å²) in [6, 6.07) is 8.04. The largest absolute Gasteiger partial charge is 0.493 e. The van der Waals surface area contributed by atoms with Gasteiger partial charge >= 0.3 is 6.18 Å². The molecule has 1 heterocycles. The van der Waals surface area contributed by atoms with Gasteiger partial charge < -0.3 is 10.1 Å². The lowest BCUT2D eigenvalue weighted by Crippen LogP contribution is -2.05. The Balaban J connectivity index is 2.10. The number of alkyl halides is 3. The third-order valence-corrected chi connectivity index (χ3v) is 3.80. The van der Waals surface area contributed by atoms with Crippen LogP contribution in [0.3, 0.4) is 0 Å². The fourth-order valence-corrected chi connectivity index (χ4v) is 2.64. The molecule has 1 aromatic heterocycles. The number of halogens is 5. The van der Waals surface area contributed by atoms with Crippen molar-refractivity contribution in [2.45, 2.75) is 6.18 Å². The Bertz CT molecular complexity index is 951. The van der Waals surface area contributed by atoms with Crippen molar-refractivity contribution in [3.05, 3.63) is 52.0 Å². The number of rotatable bonds is 2. The second-order valence-corrected chi connectivity index (χ2v) is 5.69. The lowest BCUT2D eigenvalue weighted by molar-refractivity contribution is -0.136. The van der Waals surface area contributed by atoms with Crippen LogP contribution in [0.15, 0.2) is 46.6 Å². The number of nitrogens with one attached hydrogen (secondary N) is 1. The van der Waals surface area contributed by atoms with Crippen LogP contribution in [0.5, 0.6) is 5.88 Å². The molecule has 0 saturated carbocycles. The third kappa shape index (κ3) is 3.05. The maximum absolute atomic E-state index is 13.0. The van der Waals surface area contributed by atoms with Gasteiger partial charge in [-0.25, -0.2) is 0 Å². The number of para-hydroxylation sites is 1. The predicted molar refractivity (Wildman–Crippen MR) is 85.6 cm³/mol. The van der Waals surface area contributed by atoms with E-state index in [-0.39, 0.29) is 27.3 Å². The topological polar surface area (TPSA) is 60.7 Å². The zero-order valence-corrected chi connectivity index (χ0v) is 13.2. The van der Waals surface area contributed by atoms with Gasteiger partial charge in [-0.3, -0.25) is 0 Å². The van der Waals surface area contributed by atoms with Gasteiger partial charge in [-0.2, -0.15) is 13.2 Å². The summed E-state index contributed by atoms with van der Waals surface area (Å²) in [4.78, 5) is 2.29. The number of H-pyrrole nitrogens is 1. The summed E-state index contributed by atoms with van der Waals surface area (Å²) in [5.41, 5.74) is -1.01. The van der Waals surface area contributed by atoms with E-state index in [9.17, 15) is 18.3 Å². The van der Waals surface area contributed by atoms with Gasteiger partial charge in [-0.05, 0) is 24.3 Å². The first-order valence-electron chi connectivity index (χ1n) is 6.55. The summed E-state index contributed by atoms with van der Waals surface area (Å²) in [5.74, 6) is -0.518. The predicted octanol–water partition coefficient (Wildman–Crippen LogP) is 6.61. The van der Waals surface area contributed by atoms with Crippen molar-refractivity contribution in [3.8, 4) is 5.88 Å². The van der Waals surface area contributed by atoms with Crippen LogP contribution in [0, 0.1) is 0 Å². The zero-order valence-electron chi connectivity index (χ0n) is 11.7. The highest BCUT2D eigenvalue weighted by atomic mass is 35.5. The number of aromatic nitrogens is 1. The maximum Gasteiger partial charge on any atom is 0.418 e. The molecular weight excluding hydrogens is 366 g/mol. The van der Waals surface area contributed by atoms with Gasteiger partial charge in [0.2, 0.25) is 5.88 Å².